The Morgan fingerprint density at radius 2 is 1.69 bits per heavy atom. The van der Waals surface area contributed by atoms with Gasteiger partial charge in [-0.1, -0.05) is 42.5 Å². The van der Waals surface area contributed by atoms with Gasteiger partial charge in [0.1, 0.15) is 5.78 Å². The van der Waals surface area contributed by atoms with E-state index in [0.29, 0.717) is 5.56 Å². The topological polar surface area (TPSA) is 34.1 Å². The monoisotopic (exact) mass is 212 g/mol. The van der Waals surface area contributed by atoms with Crippen molar-refractivity contribution in [2.45, 2.75) is 13.3 Å². The highest BCUT2D eigenvalue weighted by Crippen LogP contribution is 2.19. The molecule has 0 fully saturated rings. The maximum atomic E-state index is 11.8. The van der Waals surface area contributed by atoms with Crippen LogP contribution in [-0.2, 0) is 4.79 Å². The van der Waals surface area contributed by atoms with E-state index in [1.54, 1.807) is 6.07 Å². The van der Waals surface area contributed by atoms with Crippen molar-refractivity contribution < 1.29 is 9.59 Å². The highest BCUT2D eigenvalue weighted by atomic mass is 16.1. The molecule has 0 aliphatic carbocycles. The number of fused-ring (bicyclic) bond motifs is 1. The van der Waals surface area contributed by atoms with Crippen molar-refractivity contribution in [2.75, 3.05) is 0 Å². The van der Waals surface area contributed by atoms with Gasteiger partial charge in [-0.15, -0.1) is 0 Å². The lowest BCUT2D eigenvalue weighted by Gasteiger charge is -2.04. The number of ketones is 2. The van der Waals surface area contributed by atoms with Gasteiger partial charge in [0.15, 0.2) is 5.78 Å². The zero-order chi connectivity index (χ0) is 11.5. The van der Waals surface area contributed by atoms with Crippen LogP contribution in [0.15, 0.2) is 42.5 Å². The van der Waals surface area contributed by atoms with Crippen LogP contribution in [0, 0.1) is 0 Å². The zero-order valence-electron chi connectivity index (χ0n) is 9.07. The molecule has 0 spiro atoms. The molecule has 0 bridgehead atoms. The van der Waals surface area contributed by atoms with Crippen molar-refractivity contribution >= 4 is 22.3 Å². The lowest BCUT2D eigenvalue weighted by Crippen LogP contribution is -2.05. The molecule has 0 amide bonds. The van der Waals surface area contributed by atoms with Crippen LogP contribution in [0.5, 0.6) is 0 Å². The van der Waals surface area contributed by atoms with Crippen LogP contribution in [0.2, 0.25) is 0 Å². The number of rotatable bonds is 3. The summed E-state index contributed by atoms with van der Waals surface area (Å²) in [6.07, 6.45) is -0.0198. The molecule has 0 unspecified atom stereocenters. The van der Waals surface area contributed by atoms with Crippen LogP contribution < -0.4 is 0 Å². The molecule has 0 atom stereocenters. The Morgan fingerprint density at radius 1 is 1.00 bits per heavy atom. The number of Topliss-reactive ketones (excluding diaryl/α,β-unsaturated/α-hetero) is 2. The van der Waals surface area contributed by atoms with E-state index in [-0.39, 0.29) is 18.0 Å². The van der Waals surface area contributed by atoms with E-state index >= 15 is 0 Å². The van der Waals surface area contributed by atoms with Gasteiger partial charge in [0.05, 0.1) is 6.42 Å². The molecule has 0 aromatic heterocycles. The molecule has 0 aliphatic heterocycles. The van der Waals surface area contributed by atoms with E-state index in [1.165, 1.54) is 6.92 Å². The predicted octanol–water partition coefficient (Wildman–Crippen LogP) is 3.00. The molecule has 2 aromatic rings. The highest BCUT2D eigenvalue weighted by molar-refractivity contribution is 6.14. The fraction of sp³-hybridized carbons (Fsp3) is 0.143. The van der Waals surface area contributed by atoms with Gasteiger partial charge in [0, 0.05) is 5.56 Å². The van der Waals surface area contributed by atoms with Gasteiger partial charge < -0.3 is 0 Å². The zero-order valence-corrected chi connectivity index (χ0v) is 9.07. The van der Waals surface area contributed by atoms with Crippen LogP contribution in [0.1, 0.15) is 23.7 Å². The number of benzene rings is 2. The summed E-state index contributed by atoms with van der Waals surface area (Å²) in [4.78, 5) is 22.8. The van der Waals surface area contributed by atoms with Crippen molar-refractivity contribution in [3.63, 3.8) is 0 Å². The Balaban J connectivity index is 2.52. The minimum absolute atomic E-state index is 0.0198. The SMILES string of the molecule is CC(=O)CC(=O)c1cccc2ccccc12. The maximum Gasteiger partial charge on any atom is 0.170 e. The Hall–Kier alpha value is -1.96. The average molecular weight is 212 g/mol. The number of hydrogen-bond donors (Lipinski definition) is 0. The molecular weight excluding hydrogens is 200 g/mol. The fourth-order valence-electron chi connectivity index (χ4n) is 1.79. The van der Waals surface area contributed by atoms with E-state index in [0.717, 1.165) is 10.8 Å². The summed E-state index contributed by atoms with van der Waals surface area (Å²) in [5.74, 6) is -0.206. The third-order valence-corrected chi connectivity index (χ3v) is 2.50. The second kappa shape index (κ2) is 4.27. The molecule has 2 rings (SSSR count). The summed E-state index contributed by atoms with van der Waals surface area (Å²) in [5.41, 5.74) is 0.633. The Morgan fingerprint density at radius 3 is 2.44 bits per heavy atom. The summed E-state index contributed by atoms with van der Waals surface area (Å²) in [6.45, 7) is 1.43. The second-order valence-electron chi connectivity index (χ2n) is 3.83. The molecule has 0 saturated heterocycles. The van der Waals surface area contributed by atoms with Crippen molar-refractivity contribution in [2.24, 2.45) is 0 Å². The van der Waals surface area contributed by atoms with E-state index in [4.69, 9.17) is 0 Å². The summed E-state index contributed by atoms with van der Waals surface area (Å²) in [5, 5.41) is 1.94. The first-order valence-corrected chi connectivity index (χ1v) is 5.19. The fourth-order valence-corrected chi connectivity index (χ4v) is 1.79. The number of carbonyl (C=O) groups is 2. The Bertz CT molecular complexity index is 550. The predicted molar refractivity (Wildman–Crippen MR) is 63.6 cm³/mol. The summed E-state index contributed by atoms with van der Waals surface area (Å²) < 4.78 is 0. The largest absolute Gasteiger partial charge is 0.300 e. The summed E-state index contributed by atoms with van der Waals surface area (Å²) in [7, 11) is 0. The smallest absolute Gasteiger partial charge is 0.170 e. The number of carbonyl (C=O) groups excluding carboxylic acids is 2. The van der Waals surface area contributed by atoms with E-state index < -0.39 is 0 Å². The highest BCUT2D eigenvalue weighted by Gasteiger charge is 2.11. The van der Waals surface area contributed by atoms with Crippen LogP contribution >= 0.6 is 0 Å². The first-order chi connectivity index (χ1) is 7.68. The first-order valence-electron chi connectivity index (χ1n) is 5.19. The molecule has 0 aliphatic rings. The summed E-state index contributed by atoms with van der Waals surface area (Å²) >= 11 is 0. The van der Waals surface area contributed by atoms with Gasteiger partial charge in [-0.2, -0.15) is 0 Å². The van der Waals surface area contributed by atoms with Crippen molar-refractivity contribution in [3.8, 4) is 0 Å². The third-order valence-electron chi connectivity index (χ3n) is 2.50. The molecule has 16 heavy (non-hydrogen) atoms. The van der Waals surface area contributed by atoms with Crippen LogP contribution in [-0.4, -0.2) is 11.6 Å². The van der Waals surface area contributed by atoms with Crippen LogP contribution in [0.3, 0.4) is 0 Å². The van der Waals surface area contributed by atoms with Gasteiger partial charge in [-0.05, 0) is 17.7 Å². The quantitative estimate of drug-likeness (QED) is 0.579. The summed E-state index contributed by atoms with van der Waals surface area (Å²) in [6, 6.07) is 13.3. The molecular formula is C14H12O2. The van der Waals surface area contributed by atoms with Gasteiger partial charge in [-0.25, -0.2) is 0 Å². The molecule has 2 nitrogen and oxygen atoms in total. The molecule has 0 saturated carbocycles. The normalized spacial score (nSPS) is 10.3. The Kier molecular flexibility index (Phi) is 2.82. The van der Waals surface area contributed by atoms with Crippen molar-refractivity contribution in [1.29, 1.82) is 0 Å². The van der Waals surface area contributed by atoms with Gasteiger partial charge in [0.2, 0.25) is 0 Å². The van der Waals surface area contributed by atoms with Crippen LogP contribution in [0.4, 0.5) is 0 Å². The van der Waals surface area contributed by atoms with E-state index in [1.807, 2.05) is 36.4 Å². The minimum Gasteiger partial charge on any atom is -0.300 e. The van der Waals surface area contributed by atoms with Crippen molar-refractivity contribution in [3.05, 3.63) is 48.0 Å². The lowest BCUT2D eigenvalue weighted by molar-refractivity contribution is -0.116. The molecule has 0 N–H and O–H groups in total. The van der Waals surface area contributed by atoms with Gasteiger partial charge in [-0.3, -0.25) is 9.59 Å². The van der Waals surface area contributed by atoms with E-state index in [2.05, 4.69) is 0 Å². The standard InChI is InChI=1S/C14H12O2/c1-10(15)9-14(16)13-8-4-6-11-5-2-3-7-12(11)13/h2-8H,9H2,1H3. The lowest BCUT2D eigenvalue weighted by atomic mass is 9.99. The molecule has 0 heterocycles. The second-order valence-corrected chi connectivity index (χ2v) is 3.83. The molecule has 2 heteroatoms. The molecule has 0 radical (unpaired) electrons. The number of hydrogen-bond acceptors (Lipinski definition) is 2. The minimum atomic E-state index is -0.107. The third kappa shape index (κ3) is 2.01. The van der Waals surface area contributed by atoms with Gasteiger partial charge in [0.25, 0.3) is 0 Å². The Labute approximate surface area is 93.9 Å². The van der Waals surface area contributed by atoms with Crippen molar-refractivity contribution in [1.82, 2.24) is 0 Å². The molecule has 80 valence electrons. The van der Waals surface area contributed by atoms with E-state index in [9.17, 15) is 9.59 Å². The maximum absolute atomic E-state index is 11.8. The van der Waals surface area contributed by atoms with Crippen LogP contribution in [0.25, 0.3) is 10.8 Å². The average Bonchev–Trinajstić information content (AvgIpc) is 2.27. The van der Waals surface area contributed by atoms with Gasteiger partial charge >= 0.3 is 0 Å². The molecule has 2 aromatic carbocycles. The first kappa shape index (κ1) is 10.6.